The molecule has 0 N–H and O–H groups in total. The highest BCUT2D eigenvalue weighted by atomic mass is 35.5. The third kappa shape index (κ3) is 3.19. The minimum absolute atomic E-state index is 0.0267. The summed E-state index contributed by atoms with van der Waals surface area (Å²) in [6, 6.07) is 4.48. The van der Waals surface area contributed by atoms with Gasteiger partial charge in [-0.3, -0.25) is 0 Å². The second kappa shape index (κ2) is 6.19. The van der Waals surface area contributed by atoms with Gasteiger partial charge >= 0.3 is 0 Å². The summed E-state index contributed by atoms with van der Waals surface area (Å²) in [6.07, 6.45) is 2.78. The Hall–Kier alpha value is -0.0000000000000000555. The van der Waals surface area contributed by atoms with Gasteiger partial charge < -0.3 is 0 Å². The molecule has 0 heterocycles. The Balaban J connectivity index is 2.40. The zero-order chi connectivity index (χ0) is 14.0. The minimum atomic E-state index is -3.64. The molecule has 0 spiro atoms. The molecule has 1 fully saturated rings. The molecule has 0 unspecified atom stereocenters. The van der Waals surface area contributed by atoms with Crippen molar-refractivity contribution in [1.82, 2.24) is 4.31 Å². The van der Waals surface area contributed by atoms with E-state index >= 15 is 0 Å². The molecule has 1 saturated carbocycles. The molecule has 0 radical (unpaired) electrons. The third-order valence-electron chi connectivity index (χ3n) is 3.27. The highest BCUT2D eigenvalue weighted by Crippen LogP contribution is 2.33. The van der Waals surface area contributed by atoms with Crippen LogP contribution < -0.4 is 0 Å². The summed E-state index contributed by atoms with van der Waals surface area (Å²) in [6.45, 7) is 0.289. The van der Waals surface area contributed by atoms with E-state index in [2.05, 4.69) is 0 Å². The van der Waals surface area contributed by atoms with Crippen molar-refractivity contribution in [2.45, 2.75) is 30.2 Å². The predicted molar refractivity (Wildman–Crippen MR) is 78.7 cm³/mol. The van der Waals surface area contributed by atoms with Gasteiger partial charge in [0.2, 0.25) is 10.0 Å². The van der Waals surface area contributed by atoms with Gasteiger partial charge in [-0.2, -0.15) is 4.31 Å². The molecule has 0 saturated heterocycles. The highest BCUT2D eigenvalue weighted by Gasteiger charge is 2.35. The number of hydrogen-bond acceptors (Lipinski definition) is 2. The third-order valence-corrected chi connectivity index (χ3v) is 6.10. The van der Waals surface area contributed by atoms with E-state index in [4.69, 9.17) is 34.8 Å². The van der Waals surface area contributed by atoms with Gasteiger partial charge in [0, 0.05) is 23.5 Å². The molecular formula is C12H14Cl3NO2S. The van der Waals surface area contributed by atoms with Crippen LogP contribution in [0.4, 0.5) is 0 Å². The Kier molecular flexibility index (Phi) is 5.01. The molecule has 7 heteroatoms. The number of sulfonamides is 1. The van der Waals surface area contributed by atoms with Crippen molar-refractivity contribution in [3.63, 3.8) is 0 Å². The smallest absolute Gasteiger partial charge is 0.207 e. The van der Waals surface area contributed by atoms with Crippen LogP contribution in [0.1, 0.15) is 19.3 Å². The van der Waals surface area contributed by atoms with Crippen LogP contribution >= 0.6 is 34.8 Å². The summed E-state index contributed by atoms with van der Waals surface area (Å²) >= 11 is 17.6. The zero-order valence-corrected chi connectivity index (χ0v) is 13.2. The van der Waals surface area contributed by atoms with Gasteiger partial charge in [0.05, 0.1) is 5.02 Å². The summed E-state index contributed by atoms with van der Waals surface area (Å²) in [5.41, 5.74) is 0. The summed E-state index contributed by atoms with van der Waals surface area (Å²) in [5.74, 6) is 0.258. The van der Waals surface area contributed by atoms with E-state index in [0.29, 0.717) is 5.02 Å². The van der Waals surface area contributed by atoms with Crippen molar-refractivity contribution in [3.8, 4) is 0 Å². The first kappa shape index (κ1) is 15.4. The van der Waals surface area contributed by atoms with E-state index in [1.807, 2.05) is 0 Å². The summed E-state index contributed by atoms with van der Waals surface area (Å²) in [7, 11) is -3.64. The number of nitrogens with zero attached hydrogens (tertiary/aromatic N) is 1. The zero-order valence-electron chi connectivity index (χ0n) is 10.2. The monoisotopic (exact) mass is 341 g/mol. The molecule has 0 amide bonds. The van der Waals surface area contributed by atoms with Crippen molar-refractivity contribution in [2.75, 3.05) is 12.4 Å². The SMILES string of the molecule is O=S(=O)(c1cc(Cl)ccc1Cl)N(CCCl)C1CCC1. The molecule has 19 heavy (non-hydrogen) atoms. The topological polar surface area (TPSA) is 37.4 Å². The van der Waals surface area contributed by atoms with Gasteiger partial charge in [0.25, 0.3) is 0 Å². The second-order valence-electron chi connectivity index (χ2n) is 4.46. The number of alkyl halides is 1. The van der Waals surface area contributed by atoms with E-state index in [9.17, 15) is 8.42 Å². The predicted octanol–water partition coefficient (Wildman–Crippen LogP) is 3.78. The molecule has 0 aliphatic heterocycles. The normalized spacial score (nSPS) is 16.6. The van der Waals surface area contributed by atoms with Crippen molar-refractivity contribution in [3.05, 3.63) is 28.2 Å². The largest absolute Gasteiger partial charge is 0.244 e. The Morgan fingerprint density at radius 1 is 1.26 bits per heavy atom. The lowest BCUT2D eigenvalue weighted by molar-refractivity contribution is 0.227. The van der Waals surface area contributed by atoms with Gasteiger partial charge in [-0.05, 0) is 31.0 Å². The van der Waals surface area contributed by atoms with E-state index in [-0.39, 0.29) is 28.4 Å². The van der Waals surface area contributed by atoms with E-state index < -0.39 is 10.0 Å². The first-order chi connectivity index (χ1) is 8.96. The van der Waals surface area contributed by atoms with Crippen LogP contribution in [0.25, 0.3) is 0 Å². The van der Waals surface area contributed by atoms with E-state index in [1.54, 1.807) is 6.07 Å². The first-order valence-corrected chi connectivity index (χ1v) is 8.72. The lowest BCUT2D eigenvalue weighted by Gasteiger charge is -2.36. The van der Waals surface area contributed by atoms with Crippen LogP contribution in [0.5, 0.6) is 0 Å². The van der Waals surface area contributed by atoms with Crippen LogP contribution in [-0.4, -0.2) is 31.2 Å². The van der Waals surface area contributed by atoms with Crippen molar-refractivity contribution >= 4 is 44.8 Å². The first-order valence-electron chi connectivity index (χ1n) is 5.99. The Labute approximate surface area is 128 Å². The van der Waals surface area contributed by atoms with Gasteiger partial charge in [0.15, 0.2) is 0 Å². The molecule has 1 aromatic rings. The van der Waals surface area contributed by atoms with Gasteiger partial charge in [-0.1, -0.05) is 29.6 Å². The van der Waals surface area contributed by atoms with Gasteiger partial charge in [-0.25, -0.2) is 8.42 Å². The maximum Gasteiger partial charge on any atom is 0.244 e. The standard InChI is InChI=1S/C12H14Cl3NO2S/c13-6-7-16(10-2-1-3-10)19(17,18)12-8-9(14)4-5-11(12)15/h4-5,8,10H,1-3,6-7H2. The van der Waals surface area contributed by atoms with Crippen molar-refractivity contribution in [2.24, 2.45) is 0 Å². The number of rotatable bonds is 5. The number of hydrogen-bond donors (Lipinski definition) is 0. The average Bonchev–Trinajstić information content (AvgIpc) is 2.29. The lowest BCUT2D eigenvalue weighted by Crippen LogP contribution is -2.45. The molecule has 1 aliphatic carbocycles. The molecule has 106 valence electrons. The van der Waals surface area contributed by atoms with E-state index in [1.165, 1.54) is 16.4 Å². The maximum absolute atomic E-state index is 12.7. The second-order valence-corrected chi connectivity index (χ2v) is 7.54. The van der Waals surface area contributed by atoms with Crippen molar-refractivity contribution < 1.29 is 8.42 Å². The Morgan fingerprint density at radius 2 is 1.95 bits per heavy atom. The fraction of sp³-hybridized carbons (Fsp3) is 0.500. The minimum Gasteiger partial charge on any atom is -0.207 e. The fourth-order valence-corrected chi connectivity index (χ4v) is 4.77. The van der Waals surface area contributed by atoms with E-state index in [0.717, 1.165) is 19.3 Å². The fourth-order valence-electron chi connectivity index (χ4n) is 2.06. The van der Waals surface area contributed by atoms with Crippen LogP contribution in [-0.2, 0) is 10.0 Å². The molecule has 3 nitrogen and oxygen atoms in total. The van der Waals surface area contributed by atoms with Crippen LogP contribution in [0.15, 0.2) is 23.1 Å². The lowest BCUT2D eigenvalue weighted by atomic mass is 9.93. The molecule has 0 atom stereocenters. The number of halogens is 3. The molecular weight excluding hydrogens is 329 g/mol. The molecule has 1 aliphatic rings. The summed E-state index contributed by atoms with van der Waals surface area (Å²) in [4.78, 5) is 0.0543. The highest BCUT2D eigenvalue weighted by molar-refractivity contribution is 7.89. The number of benzene rings is 1. The Bertz CT molecular complexity index is 558. The van der Waals surface area contributed by atoms with Gasteiger partial charge in [0.1, 0.15) is 4.90 Å². The molecule has 1 aromatic carbocycles. The van der Waals surface area contributed by atoms with Crippen LogP contribution in [0, 0.1) is 0 Å². The summed E-state index contributed by atoms with van der Waals surface area (Å²) < 4.78 is 26.8. The van der Waals surface area contributed by atoms with Crippen LogP contribution in [0.3, 0.4) is 0 Å². The quantitative estimate of drug-likeness (QED) is 0.764. The van der Waals surface area contributed by atoms with Crippen LogP contribution in [0.2, 0.25) is 10.0 Å². The van der Waals surface area contributed by atoms with Crippen molar-refractivity contribution in [1.29, 1.82) is 0 Å². The molecule has 0 aromatic heterocycles. The maximum atomic E-state index is 12.7. The summed E-state index contributed by atoms with van der Waals surface area (Å²) in [5, 5.41) is 0.533. The average molecular weight is 343 g/mol. The molecule has 0 bridgehead atoms. The van der Waals surface area contributed by atoms with Gasteiger partial charge in [-0.15, -0.1) is 11.6 Å². The molecule has 2 rings (SSSR count). The Morgan fingerprint density at radius 3 is 2.47 bits per heavy atom.